The minimum atomic E-state index is -3.45. The molecule has 0 aromatic carbocycles. The topological polar surface area (TPSA) is 82.9 Å². The Bertz CT molecular complexity index is 617. The van der Waals surface area contributed by atoms with Gasteiger partial charge in [-0.1, -0.05) is 0 Å². The van der Waals surface area contributed by atoms with Crippen LogP contribution in [0.5, 0.6) is 0 Å². The zero-order chi connectivity index (χ0) is 17.6. The first-order valence-electron chi connectivity index (χ1n) is 7.96. The molecule has 2 heterocycles. The summed E-state index contributed by atoms with van der Waals surface area (Å²) in [5, 5.41) is 2.91. The first kappa shape index (κ1) is 19.3. The maximum absolute atomic E-state index is 12.3. The van der Waals surface area contributed by atoms with Crippen LogP contribution >= 0.6 is 11.8 Å². The molecule has 1 aromatic rings. The fourth-order valence-electron chi connectivity index (χ4n) is 2.56. The van der Waals surface area contributed by atoms with E-state index in [4.69, 9.17) is 4.42 Å². The van der Waals surface area contributed by atoms with Crippen LogP contribution in [0.2, 0.25) is 0 Å². The van der Waals surface area contributed by atoms with Crippen LogP contribution in [0.25, 0.3) is 0 Å². The van der Waals surface area contributed by atoms with Gasteiger partial charge in [0.2, 0.25) is 5.91 Å². The van der Waals surface area contributed by atoms with Gasteiger partial charge in [0.15, 0.2) is 0 Å². The standard InChI is InChI=1S/C15H25N3O4S2/c1-17(2)24(20,21)18-8-3-5-13(11-18)15(19)16-7-10-23-12-14-6-4-9-22-14/h4,6,9,13H,3,5,7-8,10-12H2,1-2H3,(H,16,19)/t13-/m1/s1. The van der Waals surface area contributed by atoms with Crippen LogP contribution in [-0.2, 0) is 20.8 Å². The van der Waals surface area contributed by atoms with Crippen molar-refractivity contribution in [3.63, 3.8) is 0 Å². The van der Waals surface area contributed by atoms with Gasteiger partial charge in [0.25, 0.3) is 10.2 Å². The average molecular weight is 376 g/mol. The number of piperidine rings is 1. The molecular weight excluding hydrogens is 350 g/mol. The van der Waals surface area contributed by atoms with Gasteiger partial charge in [-0.3, -0.25) is 4.79 Å². The third kappa shape index (κ3) is 5.23. The highest BCUT2D eigenvalue weighted by Gasteiger charge is 2.33. The second-order valence-corrected chi connectivity index (χ2v) is 9.16. The molecule has 7 nitrogen and oxygen atoms in total. The summed E-state index contributed by atoms with van der Waals surface area (Å²) in [6, 6.07) is 3.78. The van der Waals surface area contributed by atoms with E-state index in [1.807, 2.05) is 12.1 Å². The Labute approximate surface area is 147 Å². The molecule has 2 rings (SSSR count). The lowest BCUT2D eigenvalue weighted by Crippen LogP contribution is -2.49. The van der Waals surface area contributed by atoms with Crippen molar-refractivity contribution in [2.75, 3.05) is 39.5 Å². The molecular formula is C15H25N3O4S2. The molecule has 1 atom stereocenters. The van der Waals surface area contributed by atoms with Crippen molar-refractivity contribution in [1.82, 2.24) is 13.9 Å². The molecule has 1 N–H and O–H groups in total. The maximum Gasteiger partial charge on any atom is 0.281 e. The molecule has 0 spiro atoms. The fraction of sp³-hybridized carbons (Fsp3) is 0.667. The van der Waals surface area contributed by atoms with E-state index in [1.54, 1.807) is 18.0 Å². The zero-order valence-corrected chi connectivity index (χ0v) is 15.7. The van der Waals surface area contributed by atoms with Gasteiger partial charge in [0.1, 0.15) is 5.76 Å². The van der Waals surface area contributed by atoms with E-state index in [1.165, 1.54) is 22.7 Å². The van der Waals surface area contributed by atoms with Gasteiger partial charge in [-0.2, -0.15) is 28.8 Å². The third-order valence-corrected chi connectivity index (χ3v) is 6.80. The maximum atomic E-state index is 12.3. The lowest BCUT2D eigenvalue weighted by Gasteiger charge is -2.32. The lowest BCUT2D eigenvalue weighted by atomic mass is 9.99. The second-order valence-electron chi connectivity index (χ2n) is 5.91. The molecule has 9 heteroatoms. The van der Waals surface area contributed by atoms with Crippen LogP contribution in [0, 0.1) is 5.92 Å². The van der Waals surface area contributed by atoms with Crippen molar-refractivity contribution < 1.29 is 17.6 Å². The van der Waals surface area contributed by atoms with E-state index < -0.39 is 10.2 Å². The molecule has 1 saturated heterocycles. The molecule has 136 valence electrons. The molecule has 0 radical (unpaired) electrons. The molecule has 1 fully saturated rings. The van der Waals surface area contributed by atoms with E-state index >= 15 is 0 Å². The summed E-state index contributed by atoms with van der Waals surface area (Å²) in [6.07, 6.45) is 3.08. The van der Waals surface area contributed by atoms with E-state index in [0.29, 0.717) is 19.5 Å². The Hall–Kier alpha value is -1.03. The first-order chi connectivity index (χ1) is 11.4. The van der Waals surface area contributed by atoms with Gasteiger partial charge >= 0.3 is 0 Å². The van der Waals surface area contributed by atoms with E-state index in [9.17, 15) is 13.2 Å². The number of thioether (sulfide) groups is 1. The number of nitrogens with zero attached hydrogens (tertiary/aromatic N) is 2. The molecule has 0 unspecified atom stereocenters. The van der Waals surface area contributed by atoms with Crippen LogP contribution in [0.1, 0.15) is 18.6 Å². The van der Waals surface area contributed by atoms with Crippen LogP contribution < -0.4 is 5.32 Å². The third-order valence-electron chi connectivity index (χ3n) is 3.91. The van der Waals surface area contributed by atoms with Crippen molar-refractivity contribution in [2.45, 2.75) is 18.6 Å². The van der Waals surface area contributed by atoms with Crippen molar-refractivity contribution >= 4 is 27.9 Å². The smallest absolute Gasteiger partial charge is 0.281 e. The summed E-state index contributed by atoms with van der Waals surface area (Å²) in [5.74, 6) is 2.15. The van der Waals surface area contributed by atoms with Gasteiger partial charge < -0.3 is 9.73 Å². The van der Waals surface area contributed by atoms with Gasteiger partial charge in [0.05, 0.1) is 17.9 Å². The SMILES string of the molecule is CN(C)S(=O)(=O)N1CCC[C@@H](C(=O)NCCSCc2ccco2)C1. The second kappa shape index (κ2) is 8.89. The highest BCUT2D eigenvalue weighted by Crippen LogP contribution is 2.20. The number of rotatable bonds is 8. The minimum absolute atomic E-state index is 0.0627. The number of furan rings is 1. The van der Waals surface area contributed by atoms with E-state index in [-0.39, 0.29) is 18.4 Å². The summed E-state index contributed by atoms with van der Waals surface area (Å²) >= 11 is 1.69. The van der Waals surface area contributed by atoms with Gasteiger partial charge in [0, 0.05) is 39.5 Å². The largest absolute Gasteiger partial charge is 0.468 e. The predicted molar refractivity (Wildman–Crippen MR) is 94.8 cm³/mol. The molecule has 1 aliphatic heterocycles. The van der Waals surface area contributed by atoms with Crippen LogP contribution in [-0.4, -0.2) is 62.4 Å². The number of hydrogen-bond acceptors (Lipinski definition) is 5. The summed E-state index contributed by atoms with van der Waals surface area (Å²) in [7, 11) is -0.430. The zero-order valence-electron chi connectivity index (χ0n) is 14.1. The predicted octanol–water partition coefficient (Wildman–Crippen LogP) is 1.15. The quantitative estimate of drug-likeness (QED) is 0.689. The molecule has 0 bridgehead atoms. The number of hydrogen-bond donors (Lipinski definition) is 1. The Morgan fingerprint density at radius 2 is 2.29 bits per heavy atom. The van der Waals surface area contributed by atoms with Crippen LogP contribution in [0.3, 0.4) is 0 Å². The van der Waals surface area contributed by atoms with Gasteiger partial charge in [-0.15, -0.1) is 0 Å². The minimum Gasteiger partial charge on any atom is -0.468 e. The van der Waals surface area contributed by atoms with Crippen molar-refractivity contribution in [1.29, 1.82) is 0 Å². The summed E-state index contributed by atoms with van der Waals surface area (Å²) in [5.41, 5.74) is 0. The average Bonchev–Trinajstić information content (AvgIpc) is 3.07. The van der Waals surface area contributed by atoms with Crippen LogP contribution in [0.15, 0.2) is 22.8 Å². The van der Waals surface area contributed by atoms with E-state index in [2.05, 4.69) is 5.32 Å². The fourth-order valence-corrected chi connectivity index (χ4v) is 4.50. The molecule has 1 aromatic heterocycles. The highest BCUT2D eigenvalue weighted by atomic mass is 32.2. The number of carbonyl (C=O) groups excluding carboxylic acids is 1. The Morgan fingerprint density at radius 1 is 1.50 bits per heavy atom. The molecule has 0 aliphatic carbocycles. The van der Waals surface area contributed by atoms with Gasteiger partial charge in [-0.05, 0) is 25.0 Å². The number of nitrogens with one attached hydrogen (secondary N) is 1. The summed E-state index contributed by atoms with van der Waals surface area (Å²) < 4.78 is 32.2. The summed E-state index contributed by atoms with van der Waals surface area (Å²) in [4.78, 5) is 12.3. The number of amides is 1. The first-order valence-corrected chi connectivity index (χ1v) is 10.5. The van der Waals surface area contributed by atoms with Crippen molar-refractivity contribution in [3.05, 3.63) is 24.2 Å². The van der Waals surface area contributed by atoms with Crippen LogP contribution in [0.4, 0.5) is 0 Å². The van der Waals surface area contributed by atoms with Crippen molar-refractivity contribution in [3.8, 4) is 0 Å². The molecule has 1 amide bonds. The van der Waals surface area contributed by atoms with Gasteiger partial charge in [-0.25, -0.2) is 0 Å². The monoisotopic (exact) mass is 375 g/mol. The van der Waals surface area contributed by atoms with E-state index in [0.717, 1.165) is 23.7 Å². The molecule has 1 aliphatic rings. The lowest BCUT2D eigenvalue weighted by molar-refractivity contribution is -0.125. The highest BCUT2D eigenvalue weighted by molar-refractivity contribution is 7.98. The van der Waals surface area contributed by atoms with Crippen molar-refractivity contribution in [2.24, 2.45) is 5.92 Å². The normalized spacial score (nSPS) is 19.5. The number of carbonyl (C=O) groups is 1. The molecule has 24 heavy (non-hydrogen) atoms. The Morgan fingerprint density at radius 3 is 2.96 bits per heavy atom. The molecule has 0 saturated carbocycles. The Kier molecular flexibility index (Phi) is 7.15. The Balaban J connectivity index is 1.71. The summed E-state index contributed by atoms with van der Waals surface area (Å²) in [6.45, 7) is 1.30.